The lowest BCUT2D eigenvalue weighted by Gasteiger charge is -2.20. The monoisotopic (exact) mass is 468 g/mol. The fraction of sp³-hybridized carbons (Fsp3) is 0.200. The molecule has 3 nitrogen and oxygen atoms in total. The molecular formula is C25H22F2N2OS2. The highest BCUT2D eigenvalue weighted by atomic mass is 32.2. The molecule has 3 aromatic carbocycles. The van der Waals surface area contributed by atoms with Crippen LogP contribution in [-0.2, 0) is 17.8 Å². The molecular weight excluding hydrogens is 446 g/mol. The highest BCUT2D eigenvalue weighted by Gasteiger charge is 2.22. The molecule has 32 heavy (non-hydrogen) atoms. The van der Waals surface area contributed by atoms with Crippen LogP contribution in [0, 0.1) is 11.6 Å². The van der Waals surface area contributed by atoms with Gasteiger partial charge in [0.2, 0.25) is 5.91 Å². The van der Waals surface area contributed by atoms with Crippen molar-refractivity contribution in [1.82, 2.24) is 4.98 Å². The van der Waals surface area contributed by atoms with E-state index in [0.717, 1.165) is 33.4 Å². The summed E-state index contributed by atoms with van der Waals surface area (Å²) in [6, 6.07) is 19.6. The Hall–Kier alpha value is -2.77. The number of rotatable bonds is 7. The van der Waals surface area contributed by atoms with Gasteiger partial charge in [-0.3, -0.25) is 9.69 Å². The normalized spacial score (nSPS) is 11.3. The van der Waals surface area contributed by atoms with E-state index in [0.29, 0.717) is 21.6 Å². The number of carbonyl (C=O) groups excluding carboxylic acids is 1. The van der Waals surface area contributed by atoms with Crippen molar-refractivity contribution < 1.29 is 13.6 Å². The van der Waals surface area contributed by atoms with Crippen LogP contribution in [0.3, 0.4) is 0 Å². The van der Waals surface area contributed by atoms with Crippen molar-refractivity contribution in [3.05, 3.63) is 89.5 Å². The number of nitrogens with zero attached hydrogens (tertiary/aromatic N) is 2. The Balaban J connectivity index is 1.63. The molecule has 0 fully saturated rings. The third-order valence-corrected chi connectivity index (χ3v) is 6.81. The van der Waals surface area contributed by atoms with Crippen LogP contribution < -0.4 is 4.90 Å². The topological polar surface area (TPSA) is 33.2 Å². The molecule has 0 bridgehead atoms. The van der Waals surface area contributed by atoms with Gasteiger partial charge in [0.25, 0.3) is 0 Å². The second kappa shape index (κ2) is 9.79. The largest absolute Gasteiger partial charge is 0.283 e. The molecule has 0 unspecified atom stereocenters. The van der Waals surface area contributed by atoms with E-state index in [-0.39, 0.29) is 17.8 Å². The van der Waals surface area contributed by atoms with Crippen molar-refractivity contribution in [3.63, 3.8) is 0 Å². The van der Waals surface area contributed by atoms with Crippen LogP contribution in [-0.4, -0.2) is 16.1 Å². The number of carbonyl (C=O) groups is 1. The predicted molar refractivity (Wildman–Crippen MR) is 128 cm³/mol. The van der Waals surface area contributed by atoms with E-state index < -0.39 is 11.6 Å². The van der Waals surface area contributed by atoms with Gasteiger partial charge in [0.05, 0.1) is 17.7 Å². The van der Waals surface area contributed by atoms with Crippen molar-refractivity contribution in [1.29, 1.82) is 0 Å². The molecule has 7 heteroatoms. The fourth-order valence-electron chi connectivity index (χ4n) is 3.32. The summed E-state index contributed by atoms with van der Waals surface area (Å²) in [5.41, 5.74) is 1.89. The molecule has 0 saturated heterocycles. The van der Waals surface area contributed by atoms with E-state index >= 15 is 0 Å². The molecule has 164 valence electrons. The van der Waals surface area contributed by atoms with Crippen molar-refractivity contribution in [3.8, 4) is 0 Å². The Morgan fingerprint density at radius 3 is 2.44 bits per heavy atom. The molecule has 1 heterocycles. The summed E-state index contributed by atoms with van der Waals surface area (Å²) in [6.07, 6.45) is 0.187. The fourth-order valence-corrected chi connectivity index (χ4v) is 5.18. The molecule has 0 aliphatic rings. The average Bonchev–Trinajstić information content (AvgIpc) is 3.18. The van der Waals surface area contributed by atoms with Crippen molar-refractivity contribution >= 4 is 44.4 Å². The second-order valence-electron chi connectivity index (χ2n) is 7.68. The number of thioether (sulfide) groups is 1. The average molecular weight is 469 g/mol. The van der Waals surface area contributed by atoms with Crippen LogP contribution in [0.15, 0.2) is 71.6 Å². The molecule has 0 aliphatic heterocycles. The van der Waals surface area contributed by atoms with E-state index in [4.69, 9.17) is 0 Å². The molecule has 0 aliphatic carbocycles. The Bertz CT molecular complexity index is 1220. The summed E-state index contributed by atoms with van der Waals surface area (Å²) in [4.78, 5) is 20.4. The van der Waals surface area contributed by atoms with E-state index in [1.54, 1.807) is 16.7 Å². The SMILES string of the molecule is CC(C)Sc1ccc(CC(=O)N(Cc2ccccc2)c2nc3c(F)cc(F)cc3s2)cc1. The summed E-state index contributed by atoms with van der Waals surface area (Å²) >= 11 is 2.88. The van der Waals surface area contributed by atoms with E-state index in [2.05, 4.69) is 18.8 Å². The summed E-state index contributed by atoms with van der Waals surface area (Å²) in [7, 11) is 0. The lowest BCUT2D eigenvalue weighted by molar-refractivity contribution is -0.118. The Morgan fingerprint density at radius 2 is 1.75 bits per heavy atom. The number of hydrogen-bond donors (Lipinski definition) is 0. The second-order valence-corrected chi connectivity index (χ2v) is 10.3. The van der Waals surface area contributed by atoms with Gasteiger partial charge in [-0.1, -0.05) is 67.6 Å². The maximum atomic E-state index is 14.2. The number of benzene rings is 3. The van der Waals surface area contributed by atoms with Crippen molar-refractivity contribution in [2.75, 3.05) is 4.90 Å². The summed E-state index contributed by atoms with van der Waals surface area (Å²) in [6.45, 7) is 4.57. The lowest BCUT2D eigenvalue weighted by Crippen LogP contribution is -2.31. The van der Waals surface area contributed by atoms with Crippen molar-refractivity contribution in [2.45, 2.75) is 37.0 Å². The molecule has 1 amide bonds. The Labute approximate surface area is 194 Å². The first-order chi connectivity index (χ1) is 15.4. The predicted octanol–water partition coefficient (Wildman–Crippen LogP) is 6.85. The van der Waals surface area contributed by atoms with Crippen LogP contribution in [0.5, 0.6) is 0 Å². The standard InChI is InChI=1S/C25H22F2N2OS2/c1-16(2)31-20-10-8-17(9-11-20)12-23(30)29(15-18-6-4-3-5-7-18)25-28-24-21(27)13-19(26)14-22(24)32-25/h3-11,13-14,16H,12,15H2,1-2H3. The van der Waals surface area contributed by atoms with E-state index in [9.17, 15) is 13.6 Å². The number of anilines is 1. The highest BCUT2D eigenvalue weighted by Crippen LogP contribution is 2.32. The molecule has 0 saturated carbocycles. The zero-order chi connectivity index (χ0) is 22.7. The highest BCUT2D eigenvalue weighted by molar-refractivity contribution is 7.99. The number of halogens is 2. The Morgan fingerprint density at radius 1 is 1.03 bits per heavy atom. The van der Waals surface area contributed by atoms with Crippen LogP contribution in [0.1, 0.15) is 25.0 Å². The zero-order valence-corrected chi connectivity index (χ0v) is 19.4. The first kappa shape index (κ1) is 22.4. The summed E-state index contributed by atoms with van der Waals surface area (Å²) in [5.74, 6) is -1.55. The third kappa shape index (κ3) is 5.34. The maximum absolute atomic E-state index is 14.2. The first-order valence-corrected chi connectivity index (χ1v) is 11.9. The lowest BCUT2D eigenvalue weighted by atomic mass is 10.1. The first-order valence-electron chi connectivity index (χ1n) is 10.2. The molecule has 0 radical (unpaired) electrons. The van der Waals surface area contributed by atoms with E-state index in [1.165, 1.54) is 6.07 Å². The summed E-state index contributed by atoms with van der Waals surface area (Å²) in [5, 5.41) is 0.832. The number of amides is 1. The van der Waals surface area contributed by atoms with Crippen LogP contribution in [0.4, 0.5) is 13.9 Å². The van der Waals surface area contributed by atoms with Gasteiger partial charge in [0.15, 0.2) is 10.9 Å². The van der Waals surface area contributed by atoms with Gasteiger partial charge in [0, 0.05) is 16.2 Å². The van der Waals surface area contributed by atoms with Crippen LogP contribution in [0.25, 0.3) is 10.2 Å². The number of fused-ring (bicyclic) bond motifs is 1. The third-order valence-electron chi connectivity index (χ3n) is 4.77. The quantitative estimate of drug-likeness (QED) is 0.278. The van der Waals surface area contributed by atoms with Gasteiger partial charge in [-0.05, 0) is 29.3 Å². The van der Waals surface area contributed by atoms with E-state index in [1.807, 2.05) is 54.6 Å². The molecule has 4 rings (SSSR count). The minimum absolute atomic E-state index is 0.0762. The molecule has 0 spiro atoms. The van der Waals surface area contributed by atoms with Gasteiger partial charge in [-0.25, -0.2) is 13.8 Å². The number of thiazole rings is 1. The van der Waals surface area contributed by atoms with Crippen molar-refractivity contribution in [2.24, 2.45) is 0 Å². The summed E-state index contributed by atoms with van der Waals surface area (Å²) < 4.78 is 28.3. The minimum Gasteiger partial charge on any atom is -0.283 e. The van der Waals surface area contributed by atoms with Gasteiger partial charge in [0.1, 0.15) is 11.3 Å². The van der Waals surface area contributed by atoms with Gasteiger partial charge < -0.3 is 0 Å². The number of aromatic nitrogens is 1. The van der Waals surface area contributed by atoms with Gasteiger partial charge >= 0.3 is 0 Å². The van der Waals surface area contributed by atoms with Gasteiger partial charge in [-0.15, -0.1) is 11.8 Å². The minimum atomic E-state index is -0.729. The molecule has 0 atom stereocenters. The van der Waals surface area contributed by atoms with Crippen LogP contribution in [0.2, 0.25) is 0 Å². The van der Waals surface area contributed by atoms with Gasteiger partial charge in [-0.2, -0.15) is 0 Å². The molecule has 0 N–H and O–H groups in total. The molecule has 4 aromatic rings. The smallest absolute Gasteiger partial charge is 0.233 e. The number of hydrogen-bond acceptors (Lipinski definition) is 4. The molecule has 1 aromatic heterocycles. The zero-order valence-electron chi connectivity index (χ0n) is 17.7. The Kier molecular flexibility index (Phi) is 6.86. The maximum Gasteiger partial charge on any atom is 0.233 e. The van der Waals surface area contributed by atoms with Crippen LogP contribution >= 0.6 is 23.1 Å².